The van der Waals surface area contributed by atoms with Gasteiger partial charge in [0.15, 0.2) is 0 Å². The molecule has 4 heavy (non-hydrogen) atoms. The van der Waals surface area contributed by atoms with Crippen LogP contribution in [0.15, 0.2) is 0 Å². The minimum absolute atomic E-state index is 0. The van der Waals surface area contributed by atoms with Gasteiger partial charge in [0.1, 0.15) is 0 Å². The second-order valence-corrected chi connectivity index (χ2v) is 0. The Hall–Kier alpha value is 3.54. The van der Waals surface area contributed by atoms with Gasteiger partial charge in [0.2, 0.25) is 0 Å². The van der Waals surface area contributed by atoms with E-state index in [1.54, 1.807) is 0 Å². The Morgan fingerprint density at radius 3 is 1.25 bits per heavy atom. The smallest absolute Gasteiger partial charge is 1.00 e. The first-order chi connectivity index (χ1) is 0. The summed E-state index contributed by atoms with van der Waals surface area (Å²) in [5, 5.41) is 0. The van der Waals surface area contributed by atoms with Gasteiger partial charge >= 0.3 is 86.6 Å². The van der Waals surface area contributed by atoms with Gasteiger partial charge in [0, 0.05) is 16.5 Å². The minimum atomic E-state index is 0. The van der Waals surface area contributed by atoms with Crippen molar-refractivity contribution in [3.8, 4) is 0 Å². The molecule has 0 aliphatic heterocycles. The number of hydrogen-bond acceptors (Lipinski definition) is 0. The first kappa shape index (κ1) is 25.7. The van der Waals surface area contributed by atoms with Crippen LogP contribution in [0.1, 0.15) is 5.71 Å². The third-order valence-corrected chi connectivity index (χ3v) is 0. The zero-order valence-electron chi connectivity index (χ0n) is 5.73. The van der Waals surface area contributed by atoms with Crippen LogP contribution in [-0.2, 0) is 16.5 Å². The van der Waals surface area contributed by atoms with Crippen LogP contribution in [-0.4, -0.2) is 97.6 Å². The summed E-state index contributed by atoms with van der Waals surface area (Å²) in [6.45, 7) is 0. The molecule has 0 saturated heterocycles. The average molecular weight is 272 g/mol. The molecule has 0 atom stereocenters. The van der Waals surface area contributed by atoms with E-state index in [2.05, 4.69) is 0 Å². The van der Waals surface area contributed by atoms with Crippen LogP contribution in [0.25, 0.3) is 0 Å². The molecule has 0 heterocycles. The molecule has 0 unspecified atom stereocenters. The topological polar surface area (TPSA) is 0 Å². The van der Waals surface area contributed by atoms with Gasteiger partial charge in [-0.3, -0.25) is 0 Å². The van der Waals surface area contributed by atoms with Crippen molar-refractivity contribution in [3.05, 3.63) is 0 Å². The molecule has 0 aliphatic rings. The summed E-state index contributed by atoms with van der Waals surface area (Å²) in [6.07, 6.45) is 0. The number of rotatable bonds is 0. The van der Waals surface area contributed by atoms with Gasteiger partial charge < -0.3 is 5.71 Å². The summed E-state index contributed by atoms with van der Waals surface area (Å²) >= 11 is 0. The molecule has 4 heteroatoms. The molecule has 0 aromatic carbocycles. The Morgan fingerprint density at radius 2 is 1.25 bits per heavy atom. The van der Waals surface area contributed by atoms with E-state index in [0.717, 1.165) is 0 Å². The molecule has 0 N–H and O–H groups in total. The largest absolute Gasteiger partial charge is 2.00 e. The van der Waals surface area contributed by atoms with Crippen LogP contribution in [0.4, 0.5) is 0 Å². The number of hydrogen-bond donors (Lipinski definition) is 0. The fraction of sp³-hybridized carbons (Fsp3) is 0. The van der Waals surface area contributed by atoms with Crippen LogP contribution in [0.5, 0.6) is 0 Å². The summed E-state index contributed by atoms with van der Waals surface area (Å²) in [6, 6.07) is 0. The zero-order valence-corrected chi connectivity index (χ0v) is 9.37. The monoisotopic (exact) mass is 272 g/mol. The summed E-state index contributed by atoms with van der Waals surface area (Å²) in [4.78, 5) is 0. The van der Waals surface area contributed by atoms with Gasteiger partial charge in [-0.15, -0.1) is 0 Å². The Kier molecular flexibility index (Phi) is 103. The second kappa shape index (κ2) is 16.0. The summed E-state index contributed by atoms with van der Waals surface area (Å²) in [5.41, 5.74) is 0. The van der Waals surface area contributed by atoms with Crippen molar-refractivity contribution in [2.75, 3.05) is 0 Å². The molecule has 0 aromatic rings. The molecule has 0 radical (unpaired) electrons. The predicted molar refractivity (Wildman–Crippen MR) is 27.3 cm³/mol. The van der Waals surface area contributed by atoms with E-state index in [1.807, 2.05) is 0 Å². The third-order valence-electron chi connectivity index (χ3n) is 0. The van der Waals surface area contributed by atoms with E-state index < -0.39 is 0 Å². The van der Waals surface area contributed by atoms with E-state index in [9.17, 15) is 0 Å². The van der Waals surface area contributed by atoms with E-state index in [4.69, 9.17) is 0 Å². The summed E-state index contributed by atoms with van der Waals surface area (Å²) < 4.78 is 0. The Bertz CT molecular complexity index is 16.0. The molecule has 26 valence electrons. The molecular formula is H8BaCaNiSi. The molecule has 0 spiro atoms. The first-order valence-electron chi connectivity index (χ1n) is 0. The maximum Gasteiger partial charge on any atom is 2.00 e. The predicted octanol–water partition coefficient (Wildman–Crippen LogP) is -1.77. The fourth-order valence-electron chi connectivity index (χ4n) is 0. The maximum atomic E-state index is 0. The van der Waals surface area contributed by atoms with Crippen LogP contribution in [0, 0.1) is 0 Å². The van der Waals surface area contributed by atoms with Crippen LogP contribution in [0.3, 0.4) is 0 Å². The van der Waals surface area contributed by atoms with Gasteiger partial charge in [0.05, 0.1) is 0 Å². The van der Waals surface area contributed by atoms with E-state index in [0.29, 0.717) is 0 Å². The quantitative estimate of drug-likeness (QED) is 0.458. The first-order valence-corrected chi connectivity index (χ1v) is 0. The molecule has 0 saturated carbocycles. The van der Waals surface area contributed by atoms with Gasteiger partial charge in [-0.2, -0.15) is 0 Å². The SMILES string of the molecule is [Ba+2].[Ca+2].[H-].[H-].[H-].[H-].[Ni].[SiH4]. The Labute approximate surface area is 117 Å². The van der Waals surface area contributed by atoms with Gasteiger partial charge in [0.25, 0.3) is 0 Å². The fourth-order valence-corrected chi connectivity index (χ4v) is 0. The molecule has 0 fully saturated rings. The van der Waals surface area contributed by atoms with Crippen molar-refractivity contribution in [2.45, 2.75) is 0 Å². The molecule has 0 aliphatic carbocycles. The molecule has 0 bridgehead atoms. The van der Waals surface area contributed by atoms with E-state index >= 15 is 0 Å². The molecule has 0 nitrogen and oxygen atoms in total. The normalized spacial score (nSPS) is 0. The molecule has 0 aromatic heterocycles. The van der Waals surface area contributed by atoms with Crippen LogP contribution < -0.4 is 0 Å². The van der Waals surface area contributed by atoms with Crippen molar-refractivity contribution in [1.29, 1.82) is 0 Å². The van der Waals surface area contributed by atoms with Gasteiger partial charge in [-0.25, -0.2) is 0 Å². The van der Waals surface area contributed by atoms with Crippen LogP contribution >= 0.6 is 0 Å². The molecule has 0 rings (SSSR count). The summed E-state index contributed by atoms with van der Waals surface area (Å²) in [5.74, 6) is 0. The van der Waals surface area contributed by atoms with Crippen molar-refractivity contribution < 1.29 is 22.2 Å². The Morgan fingerprint density at radius 1 is 1.25 bits per heavy atom. The van der Waals surface area contributed by atoms with Crippen LogP contribution in [0.2, 0.25) is 0 Å². The Balaban J connectivity index is 0. The van der Waals surface area contributed by atoms with E-state index in [1.165, 1.54) is 0 Å². The average Bonchev–Trinajstić information content (AvgIpc) is 0. The minimum Gasteiger partial charge on any atom is -1.00 e. The van der Waals surface area contributed by atoms with Gasteiger partial charge in [-0.05, 0) is 11.0 Å². The third kappa shape index (κ3) is 9.11. The van der Waals surface area contributed by atoms with Crippen molar-refractivity contribution >= 4 is 97.6 Å². The zero-order chi connectivity index (χ0) is 0. The van der Waals surface area contributed by atoms with Gasteiger partial charge in [-0.1, -0.05) is 0 Å². The maximum absolute atomic E-state index is 0. The summed E-state index contributed by atoms with van der Waals surface area (Å²) in [7, 11) is 0. The standard InChI is InChI=1S/Ba.Ca.Ni.H4Si.4H/h;;;1H4;;;;/q2*+2;;;4*-1. The van der Waals surface area contributed by atoms with Crippen molar-refractivity contribution in [1.82, 2.24) is 0 Å². The van der Waals surface area contributed by atoms with E-state index in [-0.39, 0.29) is 120 Å². The molecular weight excluding hydrogens is 264 g/mol. The van der Waals surface area contributed by atoms with Crippen molar-refractivity contribution in [2.24, 2.45) is 0 Å². The second-order valence-electron chi connectivity index (χ2n) is 0. The van der Waals surface area contributed by atoms with Crippen molar-refractivity contribution in [3.63, 3.8) is 0 Å². The molecule has 0 amide bonds.